The molecule has 0 bridgehead atoms. The van der Waals surface area contributed by atoms with Crippen molar-refractivity contribution in [3.63, 3.8) is 0 Å². The van der Waals surface area contributed by atoms with Gasteiger partial charge in [-0.1, -0.05) is 61.7 Å². The average Bonchev–Trinajstić information content (AvgIpc) is 2.86. The number of aromatic nitrogens is 3. The van der Waals surface area contributed by atoms with Gasteiger partial charge in [-0.15, -0.1) is 5.10 Å². The highest BCUT2D eigenvalue weighted by molar-refractivity contribution is 5.73. The van der Waals surface area contributed by atoms with Crippen molar-refractivity contribution >= 4 is 5.97 Å². The maximum atomic E-state index is 11.0. The van der Waals surface area contributed by atoms with Gasteiger partial charge >= 0.3 is 5.97 Å². The highest BCUT2D eigenvalue weighted by Gasteiger charge is 2.16. The summed E-state index contributed by atoms with van der Waals surface area (Å²) < 4.78 is 1.84. The Bertz CT molecular complexity index is 578. The van der Waals surface area contributed by atoms with Crippen molar-refractivity contribution in [2.75, 3.05) is 0 Å². The number of carbonyl (C=O) groups is 1. The molecule has 5 nitrogen and oxygen atoms in total. The molecule has 0 spiro atoms. The van der Waals surface area contributed by atoms with E-state index in [1.54, 1.807) is 0 Å². The molecule has 0 aliphatic rings. The molecule has 1 aromatic heterocycles. The maximum absolute atomic E-state index is 11.0. The van der Waals surface area contributed by atoms with Gasteiger partial charge in [0.05, 0.1) is 12.1 Å². The number of carboxylic acid groups (broad SMARTS) is 1. The van der Waals surface area contributed by atoms with E-state index in [-0.39, 0.29) is 6.42 Å². The van der Waals surface area contributed by atoms with Crippen LogP contribution in [-0.2, 0) is 17.8 Å². The van der Waals surface area contributed by atoms with Crippen LogP contribution in [0.4, 0.5) is 0 Å². The normalized spacial score (nSPS) is 10.7. The van der Waals surface area contributed by atoms with Crippen LogP contribution in [0, 0.1) is 0 Å². The van der Waals surface area contributed by atoms with E-state index in [1.165, 1.54) is 12.8 Å². The third kappa shape index (κ3) is 4.15. The topological polar surface area (TPSA) is 68.0 Å². The van der Waals surface area contributed by atoms with Gasteiger partial charge in [-0.3, -0.25) is 4.79 Å². The Hall–Kier alpha value is -2.17. The molecule has 0 radical (unpaired) electrons. The van der Waals surface area contributed by atoms with Crippen LogP contribution >= 0.6 is 0 Å². The third-order valence-corrected chi connectivity index (χ3v) is 3.39. The lowest BCUT2D eigenvalue weighted by Crippen LogP contribution is -2.05. The summed E-state index contributed by atoms with van der Waals surface area (Å²) in [5.41, 5.74) is 2.33. The van der Waals surface area contributed by atoms with E-state index in [9.17, 15) is 4.79 Å². The van der Waals surface area contributed by atoms with Crippen LogP contribution in [0.25, 0.3) is 11.3 Å². The molecule has 1 aromatic carbocycles. The second kappa shape index (κ2) is 7.57. The van der Waals surface area contributed by atoms with Gasteiger partial charge in [0.2, 0.25) is 0 Å². The van der Waals surface area contributed by atoms with Gasteiger partial charge in [0.1, 0.15) is 5.69 Å². The Morgan fingerprint density at radius 1 is 1.19 bits per heavy atom. The zero-order valence-corrected chi connectivity index (χ0v) is 12.3. The van der Waals surface area contributed by atoms with Gasteiger partial charge < -0.3 is 5.11 Å². The Labute approximate surface area is 124 Å². The molecule has 0 saturated heterocycles. The monoisotopic (exact) mass is 287 g/mol. The fourth-order valence-corrected chi connectivity index (χ4v) is 2.37. The highest BCUT2D eigenvalue weighted by atomic mass is 16.4. The van der Waals surface area contributed by atoms with Gasteiger partial charge in [-0.05, 0) is 6.42 Å². The third-order valence-electron chi connectivity index (χ3n) is 3.39. The SMILES string of the molecule is CCCCCCn1nnc(CC(=O)O)c1-c1ccccc1. The van der Waals surface area contributed by atoms with Crippen molar-refractivity contribution in [3.05, 3.63) is 36.0 Å². The summed E-state index contributed by atoms with van der Waals surface area (Å²) in [6.45, 7) is 2.95. The summed E-state index contributed by atoms with van der Waals surface area (Å²) in [7, 11) is 0. The summed E-state index contributed by atoms with van der Waals surface area (Å²) in [6.07, 6.45) is 4.48. The van der Waals surface area contributed by atoms with Crippen LogP contribution in [0.1, 0.15) is 38.3 Å². The van der Waals surface area contributed by atoms with Crippen LogP contribution in [-0.4, -0.2) is 26.1 Å². The van der Waals surface area contributed by atoms with Crippen LogP contribution in [0.2, 0.25) is 0 Å². The molecule has 2 rings (SSSR count). The van der Waals surface area contributed by atoms with E-state index in [0.717, 1.165) is 30.6 Å². The number of aryl methyl sites for hydroxylation is 1. The first-order valence-corrected chi connectivity index (χ1v) is 7.42. The number of unbranched alkanes of at least 4 members (excludes halogenated alkanes) is 3. The maximum Gasteiger partial charge on any atom is 0.309 e. The number of rotatable bonds is 8. The molecule has 112 valence electrons. The van der Waals surface area contributed by atoms with E-state index in [1.807, 2.05) is 35.0 Å². The predicted octanol–water partition coefficient (Wildman–Crippen LogP) is 3.15. The smallest absolute Gasteiger partial charge is 0.309 e. The summed E-state index contributed by atoms with van der Waals surface area (Å²) >= 11 is 0. The molecule has 0 fully saturated rings. The largest absolute Gasteiger partial charge is 0.481 e. The first-order valence-electron chi connectivity index (χ1n) is 7.42. The molecule has 2 aromatic rings. The second-order valence-electron chi connectivity index (χ2n) is 5.11. The highest BCUT2D eigenvalue weighted by Crippen LogP contribution is 2.23. The van der Waals surface area contributed by atoms with Crippen molar-refractivity contribution in [2.24, 2.45) is 0 Å². The van der Waals surface area contributed by atoms with E-state index in [4.69, 9.17) is 5.11 Å². The first-order chi connectivity index (χ1) is 10.2. The van der Waals surface area contributed by atoms with Gasteiger partial charge in [0, 0.05) is 12.1 Å². The van der Waals surface area contributed by atoms with Crippen LogP contribution in [0.3, 0.4) is 0 Å². The quantitative estimate of drug-likeness (QED) is 0.757. The lowest BCUT2D eigenvalue weighted by atomic mass is 10.1. The molecule has 5 heteroatoms. The van der Waals surface area contributed by atoms with Crippen molar-refractivity contribution in [3.8, 4) is 11.3 Å². The van der Waals surface area contributed by atoms with Crippen molar-refractivity contribution in [1.82, 2.24) is 15.0 Å². The Morgan fingerprint density at radius 3 is 2.62 bits per heavy atom. The molecular weight excluding hydrogens is 266 g/mol. The summed E-state index contributed by atoms with van der Waals surface area (Å²) in [5.74, 6) is -0.884. The van der Waals surface area contributed by atoms with Gasteiger partial charge in [0.15, 0.2) is 0 Å². The van der Waals surface area contributed by atoms with Crippen LogP contribution in [0.15, 0.2) is 30.3 Å². The van der Waals surface area contributed by atoms with Crippen molar-refractivity contribution < 1.29 is 9.90 Å². The summed E-state index contributed by atoms with van der Waals surface area (Å²) in [4.78, 5) is 11.0. The zero-order valence-electron chi connectivity index (χ0n) is 12.3. The fraction of sp³-hybridized carbons (Fsp3) is 0.438. The Morgan fingerprint density at radius 2 is 1.95 bits per heavy atom. The van der Waals surface area contributed by atoms with Crippen molar-refractivity contribution in [1.29, 1.82) is 0 Å². The molecule has 1 N–H and O–H groups in total. The minimum atomic E-state index is -0.884. The molecule has 0 aliphatic carbocycles. The molecule has 0 amide bonds. The first kappa shape index (κ1) is 15.2. The molecule has 0 aliphatic heterocycles. The number of benzene rings is 1. The number of hydrogen-bond acceptors (Lipinski definition) is 3. The minimum absolute atomic E-state index is 0.0980. The van der Waals surface area contributed by atoms with Gasteiger partial charge in [-0.2, -0.15) is 0 Å². The summed E-state index contributed by atoms with van der Waals surface area (Å²) in [5, 5.41) is 17.2. The van der Waals surface area contributed by atoms with E-state index in [0.29, 0.717) is 5.69 Å². The predicted molar refractivity (Wildman–Crippen MR) is 80.9 cm³/mol. The van der Waals surface area contributed by atoms with Gasteiger partial charge in [0.25, 0.3) is 0 Å². The van der Waals surface area contributed by atoms with Gasteiger partial charge in [-0.25, -0.2) is 4.68 Å². The Balaban J connectivity index is 2.24. The zero-order chi connectivity index (χ0) is 15.1. The Kier molecular flexibility index (Phi) is 5.49. The van der Waals surface area contributed by atoms with E-state index in [2.05, 4.69) is 17.2 Å². The molecular formula is C16H21N3O2. The molecule has 21 heavy (non-hydrogen) atoms. The minimum Gasteiger partial charge on any atom is -0.481 e. The number of nitrogens with zero attached hydrogens (tertiary/aromatic N) is 3. The molecule has 1 heterocycles. The molecule has 0 saturated carbocycles. The lowest BCUT2D eigenvalue weighted by Gasteiger charge is -2.07. The van der Waals surface area contributed by atoms with Crippen LogP contribution in [0.5, 0.6) is 0 Å². The average molecular weight is 287 g/mol. The number of hydrogen-bond donors (Lipinski definition) is 1. The van der Waals surface area contributed by atoms with E-state index >= 15 is 0 Å². The van der Waals surface area contributed by atoms with E-state index < -0.39 is 5.97 Å². The fourth-order valence-electron chi connectivity index (χ4n) is 2.37. The van der Waals surface area contributed by atoms with Crippen LogP contribution < -0.4 is 0 Å². The second-order valence-corrected chi connectivity index (χ2v) is 5.11. The van der Waals surface area contributed by atoms with Crippen molar-refractivity contribution in [2.45, 2.75) is 45.6 Å². The molecule has 0 unspecified atom stereocenters. The lowest BCUT2D eigenvalue weighted by molar-refractivity contribution is -0.136. The summed E-state index contributed by atoms with van der Waals surface area (Å²) in [6, 6.07) is 9.75. The number of carboxylic acids is 1. The number of aliphatic carboxylic acids is 1. The standard InChI is InChI=1S/C16H21N3O2/c1-2-3-4-8-11-19-16(13-9-6-5-7-10-13)14(17-18-19)12-15(20)21/h5-7,9-10H,2-4,8,11-12H2,1H3,(H,20,21). The molecule has 0 atom stereocenters.